The van der Waals surface area contributed by atoms with E-state index in [1.54, 1.807) is 6.20 Å². The first-order valence-electron chi connectivity index (χ1n) is 12.3. The number of aryl methyl sites for hydroxylation is 1. The molecule has 0 aliphatic carbocycles. The van der Waals surface area contributed by atoms with Crippen molar-refractivity contribution in [3.8, 4) is 0 Å². The highest BCUT2D eigenvalue weighted by molar-refractivity contribution is 5.94. The topological polar surface area (TPSA) is 65.5 Å². The summed E-state index contributed by atoms with van der Waals surface area (Å²) >= 11 is 0. The van der Waals surface area contributed by atoms with E-state index in [-0.39, 0.29) is 22.6 Å². The molecule has 0 radical (unpaired) electrons. The Morgan fingerprint density at radius 2 is 1.85 bits per heavy atom. The lowest BCUT2D eigenvalue weighted by Crippen LogP contribution is -2.53. The number of hydrogen-bond donors (Lipinski definition) is 1. The number of carbonyl (C=O) groups is 2. The van der Waals surface area contributed by atoms with Gasteiger partial charge in [-0.15, -0.1) is 0 Å². The summed E-state index contributed by atoms with van der Waals surface area (Å²) in [4.78, 5) is 35.0. The van der Waals surface area contributed by atoms with Gasteiger partial charge in [0, 0.05) is 62.6 Å². The van der Waals surface area contributed by atoms with Crippen LogP contribution in [0.25, 0.3) is 0 Å². The summed E-state index contributed by atoms with van der Waals surface area (Å²) in [5, 5.41) is 3.13. The van der Waals surface area contributed by atoms with Crippen LogP contribution in [0.2, 0.25) is 0 Å². The van der Waals surface area contributed by atoms with E-state index >= 15 is 0 Å². The lowest BCUT2D eigenvalue weighted by Gasteiger charge is -2.46. The third kappa shape index (κ3) is 3.95. The van der Waals surface area contributed by atoms with Crippen molar-refractivity contribution in [3.05, 3.63) is 65.5 Å². The molecule has 0 unspecified atom stereocenters. The Kier molecular flexibility index (Phi) is 5.95. The number of fused-ring (bicyclic) bond motifs is 1. The number of carbonyl (C=O) groups excluding carboxylic acids is 2. The Balaban J connectivity index is 1.31. The van der Waals surface area contributed by atoms with Crippen LogP contribution < -0.4 is 5.32 Å². The van der Waals surface area contributed by atoms with Crippen LogP contribution in [0.3, 0.4) is 0 Å². The van der Waals surface area contributed by atoms with Crippen LogP contribution in [-0.4, -0.2) is 59.3 Å². The number of nitrogens with one attached hydrogen (secondary N) is 1. The van der Waals surface area contributed by atoms with Gasteiger partial charge in [0.15, 0.2) is 0 Å². The van der Waals surface area contributed by atoms with Crippen LogP contribution in [0.15, 0.2) is 48.8 Å². The fourth-order valence-electron chi connectivity index (χ4n) is 6.44. The maximum absolute atomic E-state index is 13.2. The second-order valence-corrected chi connectivity index (χ2v) is 10.1. The molecule has 2 amide bonds. The van der Waals surface area contributed by atoms with Crippen molar-refractivity contribution >= 4 is 11.8 Å². The van der Waals surface area contributed by atoms with Crippen LogP contribution in [0.5, 0.6) is 0 Å². The molecule has 1 atom stereocenters. The number of rotatable bonds is 5. The summed E-state index contributed by atoms with van der Waals surface area (Å²) in [7, 11) is 0. The Bertz CT molecular complexity index is 999. The van der Waals surface area contributed by atoms with Crippen LogP contribution in [0.4, 0.5) is 0 Å². The molecule has 6 heteroatoms. The van der Waals surface area contributed by atoms with Gasteiger partial charge in [-0.3, -0.25) is 19.5 Å². The second-order valence-electron chi connectivity index (χ2n) is 10.1. The minimum atomic E-state index is -0.341. The minimum absolute atomic E-state index is 0.0719. The van der Waals surface area contributed by atoms with E-state index in [0.29, 0.717) is 13.1 Å². The number of hydrogen-bond acceptors (Lipinski definition) is 4. The SMILES string of the molecule is CCCc1ccc(C(=O)N2CCC3(CC2)CN(Cc2cccnc2)C[C@]32CCNC2=O)cc1. The lowest BCUT2D eigenvalue weighted by molar-refractivity contribution is -0.133. The molecular weight excluding hydrogens is 412 g/mol. The van der Waals surface area contributed by atoms with Crippen molar-refractivity contribution in [3.63, 3.8) is 0 Å². The smallest absolute Gasteiger partial charge is 0.253 e. The molecule has 3 aliphatic heterocycles. The Morgan fingerprint density at radius 3 is 2.48 bits per heavy atom. The van der Waals surface area contributed by atoms with Gasteiger partial charge in [0.05, 0.1) is 5.41 Å². The summed E-state index contributed by atoms with van der Waals surface area (Å²) in [6.45, 7) is 6.87. The molecule has 0 bridgehead atoms. The molecule has 3 aliphatic rings. The van der Waals surface area contributed by atoms with Gasteiger partial charge in [0.2, 0.25) is 5.91 Å². The van der Waals surface area contributed by atoms with Gasteiger partial charge in [-0.1, -0.05) is 31.5 Å². The van der Waals surface area contributed by atoms with E-state index in [1.165, 1.54) is 11.1 Å². The van der Waals surface area contributed by atoms with E-state index in [9.17, 15) is 9.59 Å². The molecule has 1 aromatic carbocycles. The number of aromatic nitrogens is 1. The number of piperidine rings is 1. The average Bonchev–Trinajstić information content (AvgIpc) is 3.35. The summed E-state index contributed by atoms with van der Waals surface area (Å²) in [6.07, 6.45) is 8.51. The molecule has 1 N–H and O–H groups in total. The molecule has 1 aromatic heterocycles. The lowest BCUT2D eigenvalue weighted by atomic mass is 9.60. The molecule has 3 fully saturated rings. The number of benzene rings is 1. The normalized spacial score (nSPS) is 24.5. The molecule has 4 heterocycles. The molecular formula is C27H34N4O2. The number of pyridine rings is 1. The third-order valence-corrected chi connectivity index (χ3v) is 8.18. The van der Waals surface area contributed by atoms with Gasteiger partial charge >= 0.3 is 0 Å². The largest absolute Gasteiger partial charge is 0.356 e. The maximum Gasteiger partial charge on any atom is 0.253 e. The highest BCUT2D eigenvalue weighted by atomic mass is 16.2. The zero-order valence-electron chi connectivity index (χ0n) is 19.6. The van der Waals surface area contributed by atoms with Crippen LogP contribution in [-0.2, 0) is 17.8 Å². The van der Waals surface area contributed by atoms with Crippen molar-refractivity contribution in [2.24, 2.45) is 10.8 Å². The van der Waals surface area contributed by atoms with Crippen molar-refractivity contribution in [1.82, 2.24) is 20.1 Å². The summed E-state index contributed by atoms with van der Waals surface area (Å²) in [5.74, 6) is 0.325. The quantitative estimate of drug-likeness (QED) is 0.766. The molecule has 33 heavy (non-hydrogen) atoms. The number of amides is 2. The monoisotopic (exact) mass is 446 g/mol. The first-order chi connectivity index (χ1) is 16.1. The molecule has 2 aromatic rings. The first kappa shape index (κ1) is 22.1. The van der Waals surface area contributed by atoms with Crippen molar-refractivity contribution < 1.29 is 9.59 Å². The highest BCUT2D eigenvalue weighted by Gasteiger charge is 2.63. The maximum atomic E-state index is 13.2. The fourth-order valence-corrected chi connectivity index (χ4v) is 6.44. The van der Waals surface area contributed by atoms with E-state index in [2.05, 4.69) is 40.3 Å². The van der Waals surface area contributed by atoms with Gasteiger partial charge in [0.1, 0.15) is 0 Å². The zero-order chi connectivity index (χ0) is 22.9. The van der Waals surface area contributed by atoms with Crippen molar-refractivity contribution in [2.75, 3.05) is 32.7 Å². The number of likely N-dealkylation sites (tertiary alicyclic amines) is 2. The third-order valence-electron chi connectivity index (χ3n) is 8.18. The first-order valence-corrected chi connectivity index (χ1v) is 12.3. The van der Waals surface area contributed by atoms with E-state index < -0.39 is 0 Å². The highest BCUT2D eigenvalue weighted by Crippen LogP contribution is 2.56. The van der Waals surface area contributed by atoms with Crippen molar-refractivity contribution in [1.29, 1.82) is 0 Å². The molecule has 174 valence electrons. The van der Waals surface area contributed by atoms with Gasteiger partial charge in [-0.05, 0) is 55.0 Å². The second kappa shape index (κ2) is 8.90. The number of nitrogens with zero attached hydrogens (tertiary/aromatic N) is 3. The van der Waals surface area contributed by atoms with Gasteiger partial charge in [-0.25, -0.2) is 0 Å². The predicted octanol–water partition coefficient (Wildman–Crippen LogP) is 3.28. The van der Waals surface area contributed by atoms with Crippen LogP contribution in [0.1, 0.15) is 54.1 Å². The average molecular weight is 447 g/mol. The Hall–Kier alpha value is -2.73. The Morgan fingerprint density at radius 1 is 1.06 bits per heavy atom. The standard InChI is InChI=1S/C27H34N4O2/c1-2-4-21-6-8-23(9-7-21)24(32)31-15-11-26(12-16-31)19-30(18-22-5-3-13-28-17-22)20-27(26)10-14-29-25(27)33/h3,5-9,13,17H,2,4,10-12,14-16,18-20H2,1H3,(H,29,33)/t27-/m0/s1. The van der Waals surface area contributed by atoms with Gasteiger partial charge < -0.3 is 10.2 Å². The van der Waals surface area contributed by atoms with Crippen LogP contribution >= 0.6 is 0 Å². The molecule has 5 rings (SSSR count). The van der Waals surface area contributed by atoms with E-state index in [1.807, 2.05) is 29.3 Å². The molecule has 3 saturated heterocycles. The predicted molar refractivity (Wildman–Crippen MR) is 128 cm³/mol. The fraction of sp³-hybridized carbons (Fsp3) is 0.519. The van der Waals surface area contributed by atoms with Gasteiger partial charge in [0.25, 0.3) is 5.91 Å². The Labute approximate surface area is 196 Å². The van der Waals surface area contributed by atoms with Crippen LogP contribution in [0, 0.1) is 10.8 Å². The zero-order valence-corrected chi connectivity index (χ0v) is 19.6. The molecule has 0 saturated carbocycles. The van der Waals surface area contributed by atoms with Gasteiger partial charge in [-0.2, -0.15) is 0 Å². The minimum Gasteiger partial charge on any atom is -0.356 e. The summed E-state index contributed by atoms with van der Waals surface area (Å²) < 4.78 is 0. The summed E-state index contributed by atoms with van der Waals surface area (Å²) in [5.41, 5.74) is 2.82. The van der Waals surface area contributed by atoms with E-state index in [4.69, 9.17) is 0 Å². The molecule has 2 spiro atoms. The summed E-state index contributed by atoms with van der Waals surface area (Å²) in [6, 6.07) is 12.2. The van der Waals surface area contributed by atoms with Crippen molar-refractivity contribution in [2.45, 2.75) is 45.6 Å². The van der Waals surface area contributed by atoms with E-state index in [0.717, 1.165) is 63.8 Å². The molecule has 6 nitrogen and oxygen atoms in total.